The lowest BCUT2D eigenvalue weighted by Gasteiger charge is -2.40. The number of piperidine rings is 1. The van der Waals surface area contributed by atoms with E-state index in [4.69, 9.17) is 9.26 Å². The van der Waals surface area contributed by atoms with E-state index in [0.29, 0.717) is 68.4 Å². The molecule has 4 rings (SSSR count). The fraction of sp³-hybridized carbons (Fsp3) is 0.500. The minimum atomic E-state index is -0.539. The Balaban J connectivity index is 1.41. The summed E-state index contributed by atoms with van der Waals surface area (Å²) in [5.41, 5.74) is 0.256. The number of aryl methyl sites for hydroxylation is 1. The molecule has 1 saturated heterocycles. The maximum atomic E-state index is 13.2. The van der Waals surface area contributed by atoms with Crippen LogP contribution in [0.3, 0.4) is 0 Å². The van der Waals surface area contributed by atoms with Crippen LogP contribution in [0.1, 0.15) is 58.7 Å². The molecule has 9 nitrogen and oxygen atoms in total. The largest absolute Gasteiger partial charge is 0.493 e. The maximum absolute atomic E-state index is 13.2. The first-order valence-electron chi connectivity index (χ1n) is 11.5. The number of aromatic nitrogens is 1. The summed E-state index contributed by atoms with van der Waals surface area (Å²) in [6, 6.07) is 8.82. The first-order chi connectivity index (χ1) is 16.0. The lowest BCUT2D eigenvalue weighted by molar-refractivity contribution is -0.134. The summed E-state index contributed by atoms with van der Waals surface area (Å²) in [6.45, 7) is 3.86. The van der Waals surface area contributed by atoms with Crippen molar-refractivity contribution in [1.29, 1.82) is 0 Å². The average molecular weight is 455 g/mol. The van der Waals surface area contributed by atoms with Crippen molar-refractivity contribution in [3.05, 3.63) is 47.3 Å². The molecule has 2 aromatic rings. The summed E-state index contributed by atoms with van der Waals surface area (Å²) in [5, 5.41) is 9.67. The van der Waals surface area contributed by atoms with E-state index in [1.54, 1.807) is 36.1 Å². The number of benzene rings is 1. The smallest absolute Gasteiger partial charge is 0.276 e. The lowest BCUT2D eigenvalue weighted by Crippen LogP contribution is -2.51. The molecule has 1 fully saturated rings. The zero-order chi connectivity index (χ0) is 23.3. The molecule has 0 unspecified atom stereocenters. The number of hydrogen-bond donors (Lipinski definition) is 2. The van der Waals surface area contributed by atoms with Gasteiger partial charge in [0.1, 0.15) is 11.5 Å². The Labute approximate surface area is 192 Å². The summed E-state index contributed by atoms with van der Waals surface area (Å²) in [5.74, 6) is 0.758. The van der Waals surface area contributed by atoms with E-state index < -0.39 is 5.41 Å². The van der Waals surface area contributed by atoms with Crippen LogP contribution in [0.25, 0.3) is 0 Å². The molecule has 3 amide bonds. The highest BCUT2D eigenvalue weighted by Gasteiger charge is 2.42. The Morgan fingerprint density at radius 1 is 1.06 bits per heavy atom. The summed E-state index contributed by atoms with van der Waals surface area (Å²) in [7, 11) is 0. The highest BCUT2D eigenvalue weighted by atomic mass is 16.5. The van der Waals surface area contributed by atoms with Crippen molar-refractivity contribution in [2.75, 3.05) is 32.8 Å². The van der Waals surface area contributed by atoms with Crippen LogP contribution in [0.2, 0.25) is 0 Å². The third kappa shape index (κ3) is 5.18. The first-order valence-corrected chi connectivity index (χ1v) is 11.5. The van der Waals surface area contributed by atoms with E-state index in [1.165, 1.54) is 0 Å². The summed E-state index contributed by atoms with van der Waals surface area (Å²) in [6.07, 6.45) is 3.47. The zero-order valence-electron chi connectivity index (χ0n) is 18.9. The van der Waals surface area contributed by atoms with E-state index >= 15 is 0 Å². The van der Waals surface area contributed by atoms with Crippen LogP contribution in [-0.2, 0) is 4.79 Å². The molecule has 9 heteroatoms. The van der Waals surface area contributed by atoms with Crippen molar-refractivity contribution < 1.29 is 23.6 Å². The van der Waals surface area contributed by atoms with Gasteiger partial charge in [-0.05, 0) is 51.2 Å². The monoisotopic (exact) mass is 454 g/mol. The number of amides is 3. The van der Waals surface area contributed by atoms with Crippen molar-refractivity contribution >= 4 is 17.7 Å². The Bertz CT molecular complexity index is 1010. The van der Waals surface area contributed by atoms with Gasteiger partial charge >= 0.3 is 0 Å². The summed E-state index contributed by atoms with van der Waals surface area (Å²) in [4.78, 5) is 40.2. The van der Waals surface area contributed by atoms with Crippen molar-refractivity contribution in [3.8, 4) is 5.75 Å². The number of carbonyl (C=O) groups is 3. The summed E-state index contributed by atoms with van der Waals surface area (Å²) >= 11 is 0. The molecule has 33 heavy (non-hydrogen) atoms. The van der Waals surface area contributed by atoms with E-state index in [2.05, 4.69) is 15.8 Å². The number of nitrogens with one attached hydrogen (secondary N) is 2. The molecular weight excluding hydrogens is 424 g/mol. The molecule has 2 aliphatic heterocycles. The number of carbonyl (C=O) groups excluding carboxylic acids is 3. The van der Waals surface area contributed by atoms with E-state index in [0.717, 1.165) is 19.3 Å². The Morgan fingerprint density at radius 3 is 2.58 bits per heavy atom. The molecule has 0 aliphatic carbocycles. The van der Waals surface area contributed by atoms with E-state index in [9.17, 15) is 14.4 Å². The van der Waals surface area contributed by atoms with Crippen LogP contribution in [0.5, 0.6) is 5.75 Å². The molecule has 1 aromatic heterocycles. The van der Waals surface area contributed by atoms with Gasteiger partial charge in [-0.15, -0.1) is 0 Å². The fourth-order valence-corrected chi connectivity index (χ4v) is 4.52. The molecule has 176 valence electrons. The van der Waals surface area contributed by atoms with Crippen molar-refractivity contribution in [1.82, 2.24) is 20.7 Å². The minimum Gasteiger partial charge on any atom is -0.493 e. The number of fused-ring (bicyclic) bond motifs is 1. The van der Waals surface area contributed by atoms with Gasteiger partial charge in [-0.3, -0.25) is 14.4 Å². The molecule has 1 aromatic carbocycles. The second-order valence-electron chi connectivity index (χ2n) is 8.71. The second-order valence-corrected chi connectivity index (χ2v) is 8.71. The van der Waals surface area contributed by atoms with Crippen molar-refractivity contribution in [2.45, 2.75) is 39.0 Å². The van der Waals surface area contributed by atoms with Crippen LogP contribution in [0.15, 0.2) is 34.9 Å². The summed E-state index contributed by atoms with van der Waals surface area (Å²) < 4.78 is 10.9. The number of nitrogens with zero attached hydrogens (tertiary/aromatic N) is 2. The Kier molecular flexibility index (Phi) is 6.96. The molecular formula is C24H30N4O5. The predicted molar refractivity (Wildman–Crippen MR) is 120 cm³/mol. The standard InChI is InChI=1S/C24H30N4O5/c1-17-16-19(27-33-17)22(30)28-13-9-24(10-14-28)8-4-5-15-32-20-7-3-2-6-18(20)21(29)25-11-12-26-23(24)31/h2-3,6-7,16H,4-5,8-15H2,1H3,(H,25,29)(H,26,31). The third-order valence-corrected chi connectivity index (χ3v) is 6.47. The quantitative estimate of drug-likeness (QED) is 0.684. The Hall–Kier alpha value is -3.36. The van der Waals surface area contributed by atoms with Crippen molar-refractivity contribution in [3.63, 3.8) is 0 Å². The number of ether oxygens (including phenoxy) is 1. The second kappa shape index (κ2) is 10.1. The lowest BCUT2D eigenvalue weighted by atomic mass is 9.73. The molecule has 3 heterocycles. The number of likely N-dealkylation sites (tertiary alicyclic amines) is 1. The average Bonchev–Trinajstić information content (AvgIpc) is 3.27. The molecule has 2 aliphatic rings. The van der Waals surface area contributed by atoms with Crippen LogP contribution < -0.4 is 15.4 Å². The molecule has 0 saturated carbocycles. The van der Waals surface area contributed by atoms with Crippen LogP contribution >= 0.6 is 0 Å². The normalized spacial score (nSPS) is 19.6. The SMILES string of the molecule is Cc1cc(C(=O)N2CCC3(CCCCOc4ccccc4C(=O)NCCNC3=O)CC2)no1. The highest BCUT2D eigenvalue weighted by molar-refractivity contribution is 5.97. The maximum Gasteiger partial charge on any atom is 0.276 e. The number of para-hydroxylation sites is 1. The van der Waals surface area contributed by atoms with E-state index in [1.807, 2.05) is 6.07 Å². The third-order valence-electron chi connectivity index (χ3n) is 6.47. The first kappa shape index (κ1) is 22.8. The van der Waals surface area contributed by atoms with Gasteiger partial charge in [-0.25, -0.2) is 0 Å². The highest BCUT2D eigenvalue weighted by Crippen LogP contribution is 2.37. The topological polar surface area (TPSA) is 114 Å². The number of rotatable bonds is 1. The fourth-order valence-electron chi connectivity index (χ4n) is 4.52. The van der Waals surface area contributed by atoms with Gasteiger partial charge in [0.25, 0.3) is 11.8 Å². The van der Waals surface area contributed by atoms with Gasteiger partial charge < -0.3 is 24.8 Å². The molecule has 1 spiro atoms. The zero-order valence-corrected chi connectivity index (χ0v) is 18.9. The van der Waals surface area contributed by atoms with Crippen molar-refractivity contribution in [2.24, 2.45) is 5.41 Å². The van der Waals surface area contributed by atoms with Gasteiger partial charge in [0.05, 0.1) is 17.6 Å². The molecule has 2 N–H and O–H groups in total. The predicted octanol–water partition coefficient (Wildman–Crippen LogP) is 2.31. The molecule has 0 radical (unpaired) electrons. The van der Waals surface area contributed by atoms with Gasteiger partial charge in [0.15, 0.2) is 5.69 Å². The van der Waals surface area contributed by atoms with Crippen LogP contribution in [0.4, 0.5) is 0 Å². The van der Waals surface area contributed by atoms with Gasteiger partial charge in [0.2, 0.25) is 5.91 Å². The molecule has 0 atom stereocenters. The van der Waals surface area contributed by atoms with Gasteiger partial charge in [-0.1, -0.05) is 17.3 Å². The van der Waals surface area contributed by atoms with Gasteiger partial charge in [0, 0.05) is 32.2 Å². The van der Waals surface area contributed by atoms with Crippen LogP contribution in [-0.4, -0.2) is 60.6 Å². The van der Waals surface area contributed by atoms with E-state index in [-0.39, 0.29) is 17.7 Å². The van der Waals surface area contributed by atoms with Gasteiger partial charge in [-0.2, -0.15) is 0 Å². The number of hydrogen-bond acceptors (Lipinski definition) is 6. The minimum absolute atomic E-state index is 0.0143. The molecule has 0 bridgehead atoms. The van der Waals surface area contributed by atoms with Crippen LogP contribution in [0, 0.1) is 12.3 Å². The Morgan fingerprint density at radius 2 is 1.82 bits per heavy atom.